The second kappa shape index (κ2) is 5.29. The van der Waals surface area contributed by atoms with Gasteiger partial charge in [0, 0.05) is 17.6 Å². The lowest BCUT2D eigenvalue weighted by Gasteiger charge is -2.21. The first-order valence-corrected chi connectivity index (χ1v) is 7.81. The Hall–Kier alpha value is -1.42. The minimum absolute atomic E-state index is 0.0438. The van der Waals surface area contributed by atoms with Crippen molar-refractivity contribution in [1.82, 2.24) is 9.78 Å². The van der Waals surface area contributed by atoms with E-state index >= 15 is 0 Å². The van der Waals surface area contributed by atoms with Gasteiger partial charge in [0.25, 0.3) is 0 Å². The Morgan fingerprint density at radius 1 is 1.53 bits per heavy atom. The Morgan fingerprint density at radius 2 is 2.42 bits per heavy atom. The van der Waals surface area contributed by atoms with Crippen LogP contribution in [0.5, 0.6) is 0 Å². The molecular weight excluding hydrogens is 256 g/mol. The Bertz CT molecular complexity index is 584. The number of carbonyl (C=O) groups is 1. The molecule has 0 aliphatic heterocycles. The van der Waals surface area contributed by atoms with Crippen molar-refractivity contribution in [2.45, 2.75) is 45.1 Å². The van der Waals surface area contributed by atoms with E-state index in [0.717, 1.165) is 37.9 Å². The average molecular weight is 274 g/mol. The number of hydrogen-bond donors (Lipinski definition) is 0. The lowest BCUT2D eigenvalue weighted by atomic mass is 9.84. The van der Waals surface area contributed by atoms with Crippen LogP contribution in [0.1, 0.15) is 53.0 Å². The topological polar surface area (TPSA) is 34.9 Å². The van der Waals surface area contributed by atoms with Gasteiger partial charge >= 0.3 is 0 Å². The first-order chi connectivity index (χ1) is 9.31. The number of hydrogen-bond acceptors (Lipinski definition) is 3. The molecule has 19 heavy (non-hydrogen) atoms. The molecule has 0 amide bonds. The fourth-order valence-electron chi connectivity index (χ4n) is 2.87. The van der Waals surface area contributed by atoms with Crippen molar-refractivity contribution in [2.24, 2.45) is 0 Å². The van der Waals surface area contributed by atoms with Gasteiger partial charge in [0.2, 0.25) is 0 Å². The standard InChI is InChI=1S/C15H18N2OS/c1-2-9-17-13(6-8-16-17)15(18)12-4-3-5-14-11(12)7-10-19-14/h6-8,10,12H,2-5,9H2,1H3. The Morgan fingerprint density at radius 3 is 3.26 bits per heavy atom. The summed E-state index contributed by atoms with van der Waals surface area (Å²) in [6.45, 7) is 2.92. The summed E-state index contributed by atoms with van der Waals surface area (Å²) in [5.74, 6) is 0.285. The quantitative estimate of drug-likeness (QED) is 0.798. The van der Waals surface area contributed by atoms with Crippen molar-refractivity contribution >= 4 is 17.1 Å². The zero-order valence-electron chi connectivity index (χ0n) is 11.1. The first kappa shape index (κ1) is 12.6. The monoisotopic (exact) mass is 274 g/mol. The molecule has 0 fully saturated rings. The van der Waals surface area contributed by atoms with Crippen LogP contribution in [0.15, 0.2) is 23.7 Å². The van der Waals surface area contributed by atoms with Crippen molar-refractivity contribution in [2.75, 3.05) is 0 Å². The fourth-order valence-corrected chi connectivity index (χ4v) is 3.86. The van der Waals surface area contributed by atoms with E-state index in [1.165, 1.54) is 10.4 Å². The summed E-state index contributed by atoms with van der Waals surface area (Å²) in [6.07, 6.45) is 5.95. The molecular formula is C15H18N2OS. The number of fused-ring (bicyclic) bond motifs is 1. The molecule has 4 heteroatoms. The Kier molecular flexibility index (Phi) is 3.51. The van der Waals surface area contributed by atoms with Gasteiger partial charge in [-0.3, -0.25) is 9.48 Å². The van der Waals surface area contributed by atoms with E-state index in [2.05, 4.69) is 23.5 Å². The number of carbonyl (C=O) groups excluding carboxylic acids is 1. The van der Waals surface area contributed by atoms with Crippen LogP contribution in [0, 0.1) is 0 Å². The van der Waals surface area contributed by atoms with Crippen molar-refractivity contribution < 1.29 is 4.79 Å². The third-order valence-electron chi connectivity index (χ3n) is 3.77. The van der Waals surface area contributed by atoms with Gasteiger partial charge in [0.1, 0.15) is 5.69 Å². The smallest absolute Gasteiger partial charge is 0.188 e. The predicted octanol–water partition coefficient (Wildman–Crippen LogP) is 3.66. The van der Waals surface area contributed by atoms with E-state index in [1.54, 1.807) is 17.5 Å². The minimum Gasteiger partial charge on any atom is -0.292 e. The van der Waals surface area contributed by atoms with Crippen LogP contribution < -0.4 is 0 Å². The Labute approximate surface area is 117 Å². The first-order valence-electron chi connectivity index (χ1n) is 6.93. The predicted molar refractivity (Wildman–Crippen MR) is 76.8 cm³/mol. The summed E-state index contributed by atoms with van der Waals surface area (Å²) in [4.78, 5) is 14.2. The van der Waals surface area contributed by atoms with Crippen LogP contribution in [-0.4, -0.2) is 15.6 Å². The zero-order chi connectivity index (χ0) is 13.2. The summed E-state index contributed by atoms with van der Waals surface area (Å²) in [5, 5.41) is 6.37. The zero-order valence-corrected chi connectivity index (χ0v) is 11.9. The van der Waals surface area contributed by atoms with Crippen LogP contribution in [0.25, 0.3) is 0 Å². The van der Waals surface area contributed by atoms with Gasteiger partial charge in [-0.1, -0.05) is 6.92 Å². The maximum Gasteiger partial charge on any atom is 0.188 e. The molecule has 1 aliphatic rings. The average Bonchev–Trinajstić information content (AvgIpc) is 3.06. The number of nitrogens with zero attached hydrogens (tertiary/aromatic N) is 2. The van der Waals surface area contributed by atoms with Gasteiger partial charge in [-0.15, -0.1) is 11.3 Å². The van der Waals surface area contributed by atoms with E-state index in [0.29, 0.717) is 0 Å². The van der Waals surface area contributed by atoms with E-state index in [4.69, 9.17) is 0 Å². The molecule has 0 saturated heterocycles. The molecule has 2 aromatic rings. The van der Waals surface area contributed by atoms with E-state index in [1.807, 2.05) is 10.7 Å². The van der Waals surface area contributed by atoms with Crippen LogP contribution in [-0.2, 0) is 13.0 Å². The lowest BCUT2D eigenvalue weighted by molar-refractivity contribution is 0.0940. The second-order valence-corrected chi connectivity index (χ2v) is 6.05. The molecule has 1 atom stereocenters. The molecule has 1 aliphatic carbocycles. The number of rotatable bonds is 4. The summed E-state index contributed by atoms with van der Waals surface area (Å²) >= 11 is 1.78. The highest BCUT2D eigenvalue weighted by atomic mass is 32.1. The number of aryl methyl sites for hydroxylation is 2. The van der Waals surface area contributed by atoms with E-state index < -0.39 is 0 Å². The maximum absolute atomic E-state index is 12.8. The third kappa shape index (κ3) is 2.25. The van der Waals surface area contributed by atoms with Gasteiger partial charge in [0.15, 0.2) is 5.78 Å². The summed E-state index contributed by atoms with van der Waals surface area (Å²) in [7, 11) is 0. The van der Waals surface area contributed by atoms with E-state index in [-0.39, 0.29) is 11.7 Å². The molecule has 100 valence electrons. The van der Waals surface area contributed by atoms with Gasteiger partial charge in [-0.2, -0.15) is 5.10 Å². The van der Waals surface area contributed by atoms with Crippen molar-refractivity contribution in [1.29, 1.82) is 0 Å². The third-order valence-corrected chi connectivity index (χ3v) is 4.77. The van der Waals surface area contributed by atoms with E-state index in [9.17, 15) is 4.79 Å². The highest BCUT2D eigenvalue weighted by Gasteiger charge is 2.29. The molecule has 2 heterocycles. The molecule has 3 nitrogen and oxygen atoms in total. The highest BCUT2D eigenvalue weighted by molar-refractivity contribution is 7.10. The molecule has 0 bridgehead atoms. The second-order valence-electron chi connectivity index (χ2n) is 5.05. The summed E-state index contributed by atoms with van der Waals surface area (Å²) < 4.78 is 1.85. The van der Waals surface area contributed by atoms with Crippen molar-refractivity contribution in [3.8, 4) is 0 Å². The SMILES string of the molecule is CCCn1nccc1C(=O)C1CCCc2sccc21. The van der Waals surface area contributed by atoms with Crippen LogP contribution >= 0.6 is 11.3 Å². The van der Waals surface area contributed by atoms with Crippen molar-refractivity contribution in [3.05, 3.63) is 39.8 Å². The normalized spacial score (nSPS) is 18.3. The summed E-state index contributed by atoms with van der Waals surface area (Å²) in [6, 6.07) is 3.99. The van der Waals surface area contributed by atoms with Gasteiger partial charge < -0.3 is 0 Å². The summed E-state index contributed by atoms with van der Waals surface area (Å²) in [5.41, 5.74) is 2.02. The molecule has 0 N–H and O–H groups in total. The Balaban J connectivity index is 1.91. The van der Waals surface area contributed by atoms with Crippen LogP contribution in [0.2, 0.25) is 0 Å². The molecule has 0 radical (unpaired) electrons. The largest absolute Gasteiger partial charge is 0.292 e. The number of ketones is 1. The molecule has 3 rings (SSSR count). The molecule has 0 aromatic carbocycles. The van der Waals surface area contributed by atoms with Crippen LogP contribution in [0.4, 0.5) is 0 Å². The van der Waals surface area contributed by atoms with Crippen LogP contribution in [0.3, 0.4) is 0 Å². The van der Waals surface area contributed by atoms with Gasteiger partial charge in [-0.05, 0) is 48.8 Å². The minimum atomic E-state index is 0.0438. The number of Topliss-reactive ketones (excluding diaryl/α,β-unsaturated/α-hetero) is 1. The van der Waals surface area contributed by atoms with Gasteiger partial charge in [-0.25, -0.2) is 0 Å². The molecule has 0 spiro atoms. The van der Waals surface area contributed by atoms with Crippen molar-refractivity contribution in [3.63, 3.8) is 0 Å². The lowest BCUT2D eigenvalue weighted by Crippen LogP contribution is -2.20. The molecule has 1 unspecified atom stereocenters. The van der Waals surface area contributed by atoms with Gasteiger partial charge in [0.05, 0.1) is 5.92 Å². The maximum atomic E-state index is 12.8. The highest BCUT2D eigenvalue weighted by Crippen LogP contribution is 2.36. The molecule has 0 saturated carbocycles. The molecule has 2 aromatic heterocycles. The fraction of sp³-hybridized carbons (Fsp3) is 0.467. The number of aromatic nitrogens is 2. The number of thiophene rings is 1.